The van der Waals surface area contributed by atoms with Crippen molar-refractivity contribution in [1.29, 1.82) is 0 Å². The average Bonchev–Trinajstić information content (AvgIpc) is 2.47. The fraction of sp³-hybridized carbons (Fsp3) is 0.467. The van der Waals surface area contributed by atoms with Crippen molar-refractivity contribution >= 4 is 17.6 Å². The molecule has 0 unspecified atom stereocenters. The van der Waals surface area contributed by atoms with Crippen LogP contribution < -0.4 is 15.4 Å². The molecule has 0 spiro atoms. The first-order chi connectivity index (χ1) is 10.1. The van der Waals surface area contributed by atoms with E-state index in [-0.39, 0.29) is 24.6 Å². The quantitative estimate of drug-likeness (QED) is 0.889. The van der Waals surface area contributed by atoms with Crippen LogP contribution in [0.3, 0.4) is 0 Å². The molecule has 114 valence electrons. The highest BCUT2D eigenvalue weighted by atomic mass is 16.5. The van der Waals surface area contributed by atoms with Gasteiger partial charge in [0.2, 0.25) is 5.91 Å². The van der Waals surface area contributed by atoms with Gasteiger partial charge >= 0.3 is 6.03 Å². The van der Waals surface area contributed by atoms with E-state index in [2.05, 4.69) is 17.6 Å². The molecule has 1 aliphatic rings. The minimum atomic E-state index is -0.273. The van der Waals surface area contributed by atoms with Crippen LogP contribution in [0.5, 0.6) is 5.75 Å². The van der Waals surface area contributed by atoms with Gasteiger partial charge in [-0.15, -0.1) is 0 Å². The number of carbonyl (C=O) groups is 2. The largest absolute Gasteiger partial charge is 0.491 e. The average molecular weight is 291 g/mol. The number of anilines is 1. The van der Waals surface area contributed by atoms with Gasteiger partial charge in [0.25, 0.3) is 0 Å². The molecular formula is C15H21N3O3. The summed E-state index contributed by atoms with van der Waals surface area (Å²) < 4.78 is 5.72. The topological polar surface area (TPSA) is 70.7 Å². The van der Waals surface area contributed by atoms with Gasteiger partial charge in [0.05, 0.1) is 6.10 Å². The molecule has 0 radical (unpaired) electrons. The highest BCUT2D eigenvalue weighted by Gasteiger charge is 2.21. The summed E-state index contributed by atoms with van der Waals surface area (Å²) in [6.07, 6.45) is 1.04. The third kappa shape index (κ3) is 4.37. The molecule has 0 aliphatic carbocycles. The van der Waals surface area contributed by atoms with Gasteiger partial charge in [0.15, 0.2) is 0 Å². The number of hydrogen-bond acceptors (Lipinski definition) is 3. The standard InChI is InChI=1S/C15H21N3O3/c1-3-11(2)21-13-6-4-5-12(9-13)17-15(20)18-8-7-16-14(19)10-18/h4-6,9,11H,3,7-8,10H2,1-2H3,(H,16,19)(H,17,20)/t11-/m0/s1. The summed E-state index contributed by atoms with van der Waals surface area (Å²) >= 11 is 0. The molecule has 3 amide bonds. The van der Waals surface area contributed by atoms with Gasteiger partial charge in [0, 0.05) is 24.8 Å². The summed E-state index contributed by atoms with van der Waals surface area (Å²) in [6.45, 7) is 5.15. The van der Waals surface area contributed by atoms with E-state index >= 15 is 0 Å². The molecule has 1 fully saturated rings. The second-order valence-electron chi connectivity index (χ2n) is 5.07. The predicted octanol–water partition coefficient (Wildman–Crippen LogP) is 1.83. The van der Waals surface area contributed by atoms with Crippen molar-refractivity contribution in [3.05, 3.63) is 24.3 Å². The highest BCUT2D eigenvalue weighted by molar-refractivity contribution is 5.93. The van der Waals surface area contributed by atoms with Gasteiger partial charge in [0.1, 0.15) is 12.3 Å². The smallest absolute Gasteiger partial charge is 0.322 e. The van der Waals surface area contributed by atoms with Crippen molar-refractivity contribution in [2.45, 2.75) is 26.4 Å². The molecule has 1 aromatic carbocycles. The molecule has 1 atom stereocenters. The van der Waals surface area contributed by atoms with E-state index in [9.17, 15) is 9.59 Å². The molecule has 21 heavy (non-hydrogen) atoms. The summed E-state index contributed by atoms with van der Waals surface area (Å²) in [5.74, 6) is 0.587. The Labute approximate surface area is 124 Å². The van der Waals surface area contributed by atoms with Crippen LogP contribution in [-0.2, 0) is 4.79 Å². The van der Waals surface area contributed by atoms with Crippen LogP contribution in [0.15, 0.2) is 24.3 Å². The Balaban J connectivity index is 1.97. The van der Waals surface area contributed by atoms with Crippen LogP contribution in [0.2, 0.25) is 0 Å². The molecule has 2 N–H and O–H groups in total. The van der Waals surface area contributed by atoms with Crippen molar-refractivity contribution in [1.82, 2.24) is 10.2 Å². The fourth-order valence-electron chi connectivity index (χ4n) is 1.98. The Bertz CT molecular complexity index is 519. The minimum Gasteiger partial charge on any atom is -0.491 e. The third-order valence-electron chi connectivity index (χ3n) is 3.32. The van der Waals surface area contributed by atoms with E-state index in [0.29, 0.717) is 18.8 Å². The SMILES string of the molecule is CC[C@H](C)Oc1cccc(NC(=O)N2CCNC(=O)C2)c1. The van der Waals surface area contributed by atoms with E-state index in [4.69, 9.17) is 4.74 Å². The molecule has 1 aromatic rings. The molecule has 0 bridgehead atoms. The van der Waals surface area contributed by atoms with E-state index in [1.807, 2.05) is 19.1 Å². The molecular weight excluding hydrogens is 270 g/mol. The number of rotatable bonds is 4. The van der Waals surface area contributed by atoms with Crippen molar-refractivity contribution in [2.75, 3.05) is 25.0 Å². The van der Waals surface area contributed by atoms with Crippen molar-refractivity contribution in [2.24, 2.45) is 0 Å². The second kappa shape index (κ2) is 6.97. The number of ether oxygens (including phenoxy) is 1. The van der Waals surface area contributed by atoms with E-state index in [0.717, 1.165) is 12.2 Å². The lowest BCUT2D eigenvalue weighted by Gasteiger charge is -2.26. The van der Waals surface area contributed by atoms with Crippen LogP contribution in [0.25, 0.3) is 0 Å². The van der Waals surface area contributed by atoms with Crippen LogP contribution in [0, 0.1) is 0 Å². The number of amides is 3. The number of urea groups is 1. The summed E-state index contributed by atoms with van der Waals surface area (Å²) in [6, 6.07) is 7.00. The zero-order chi connectivity index (χ0) is 15.2. The Morgan fingerprint density at radius 3 is 3.05 bits per heavy atom. The number of nitrogens with one attached hydrogen (secondary N) is 2. The normalized spacial score (nSPS) is 16.1. The van der Waals surface area contributed by atoms with E-state index in [1.54, 1.807) is 12.1 Å². The fourth-order valence-corrected chi connectivity index (χ4v) is 1.98. The summed E-state index contributed by atoms with van der Waals surface area (Å²) in [4.78, 5) is 24.9. The molecule has 0 aromatic heterocycles. The van der Waals surface area contributed by atoms with E-state index in [1.165, 1.54) is 4.90 Å². The van der Waals surface area contributed by atoms with Crippen LogP contribution in [0.1, 0.15) is 20.3 Å². The predicted molar refractivity (Wildman–Crippen MR) is 80.4 cm³/mol. The minimum absolute atomic E-state index is 0.0922. The summed E-state index contributed by atoms with van der Waals surface area (Å²) in [7, 11) is 0. The number of benzene rings is 1. The monoisotopic (exact) mass is 291 g/mol. The first-order valence-corrected chi connectivity index (χ1v) is 7.18. The van der Waals surface area contributed by atoms with Crippen molar-refractivity contribution in [3.8, 4) is 5.75 Å². The molecule has 6 nitrogen and oxygen atoms in total. The first-order valence-electron chi connectivity index (χ1n) is 7.18. The maximum absolute atomic E-state index is 12.1. The molecule has 0 saturated carbocycles. The molecule has 1 saturated heterocycles. The zero-order valence-corrected chi connectivity index (χ0v) is 12.4. The van der Waals surface area contributed by atoms with Crippen molar-refractivity contribution < 1.29 is 14.3 Å². The number of hydrogen-bond donors (Lipinski definition) is 2. The lowest BCUT2D eigenvalue weighted by atomic mass is 10.2. The number of piperazine rings is 1. The van der Waals surface area contributed by atoms with Crippen LogP contribution in [0.4, 0.5) is 10.5 Å². The van der Waals surface area contributed by atoms with Gasteiger partial charge in [-0.1, -0.05) is 13.0 Å². The lowest BCUT2D eigenvalue weighted by Crippen LogP contribution is -2.51. The Morgan fingerprint density at radius 2 is 2.33 bits per heavy atom. The van der Waals surface area contributed by atoms with Crippen molar-refractivity contribution in [3.63, 3.8) is 0 Å². The van der Waals surface area contributed by atoms with Gasteiger partial charge in [-0.3, -0.25) is 4.79 Å². The maximum atomic E-state index is 12.1. The van der Waals surface area contributed by atoms with Gasteiger partial charge < -0.3 is 20.3 Å². The maximum Gasteiger partial charge on any atom is 0.322 e. The number of carbonyl (C=O) groups excluding carboxylic acids is 2. The second-order valence-corrected chi connectivity index (χ2v) is 5.07. The van der Waals surface area contributed by atoms with Gasteiger partial charge in [-0.25, -0.2) is 4.79 Å². The molecule has 1 aliphatic heterocycles. The third-order valence-corrected chi connectivity index (χ3v) is 3.32. The first kappa shape index (κ1) is 15.2. The molecule has 6 heteroatoms. The lowest BCUT2D eigenvalue weighted by molar-refractivity contribution is -0.123. The Morgan fingerprint density at radius 1 is 1.52 bits per heavy atom. The zero-order valence-electron chi connectivity index (χ0n) is 12.4. The van der Waals surface area contributed by atoms with Gasteiger partial charge in [-0.05, 0) is 25.5 Å². The highest BCUT2D eigenvalue weighted by Crippen LogP contribution is 2.19. The Hall–Kier alpha value is -2.24. The Kier molecular flexibility index (Phi) is 5.03. The molecule has 1 heterocycles. The van der Waals surface area contributed by atoms with Gasteiger partial charge in [-0.2, -0.15) is 0 Å². The van der Waals surface area contributed by atoms with Crippen LogP contribution in [-0.4, -0.2) is 42.6 Å². The molecule has 2 rings (SSSR count). The summed E-state index contributed by atoms with van der Waals surface area (Å²) in [5.41, 5.74) is 0.659. The number of nitrogens with zero attached hydrogens (tertiary/aromatic N) is 1. The van der Waals surface area contributed by atoms with E-state index < -0.39 is 0 Å². The summed E-state index contributed by atoms with van der Waals surface area (Å²) in [5, 5.41) is 5.48. The van der Waals surface area contributed by atoms with Crippen LogP contribution >= 0.6 is 0 Å².